The Morgan fingerprint density at radius 3 is 2.00 bits per heavy atom. The summed E-state index contributed by atoms with van der Waals surface area (Å²) in [6.45, 7) is 0. The van der Waals surface area contributed by atoms with Crippen LogP contribution in [-0.4, -0.2) is 11.3 Å². The summed E-state index contributed by atoms with van der Waals surface area (Å²) in [5, 5.41) is 0. The Morgan fingerprint density at radius 2 is 1.67 bits per heavy atom. The van der Waals surface area contributed by atoms with Gasteiger partial charge in [-0.25, -0.2) is 4.98 Å². The molecule has 0 aliphatic rings. The number of halogens is 1. The molecule has 76 valence electrons. The van der Waals surface area contributed by atoms with Crippen molar-refractivity contribution in [1.82, 2.24) is 4.98 Å². The van der Waals surface area contributed by atoms with Crippen molar-refractivity contribution < 1.29 is 4.79 Å². The highest BCUT2D eigenvalue weighted by Gasteiger charge is 1.80. The van der Waals surface area contributed by atoms with Crippen LogP contribution in [0.5, 0.6) is 0 Å². The van der Waals surface area contributed by atoms with E-state index >= 15 is 0 Å². The van der Waals surface area contributed by atoms with E-state index in [2.05, 4.69) is 20.9 Å². The first-order valence-electron chi connectivity index (χ1n) is 4.39. The summed E-state index contributed by atoms with van der Waals surface area (Å²) in [6.07, 6.45) is 2.57. The van der Waals surface area contributed by atoms with Crippen molar-refractivity contribution in [2.24, 2.45) is 0 Å². The van der Waals surface area contributed by atoms with Gasteiger partial charge >= 0.3 is 0 Å². The van der Waals surface area contributed by atoms with Gasteiger partial charge in [0.1, 0.15) is 10.9 Å². The first-order chi connectivity index (χ1) is 7.33. The summed E-state index contributed by atoms with van der Waals surface area (Å²) in [5.74, 6) is 0. The Kier molecular flexibility index (Phi) is 5.33. The van der Waals surface area contributed by atoms with Gasteiger partial charge in [0.25, 0.3) is 0 Å². The van der Waals surface area contributed by atoms with Crippen LogP contribution in [0.2, 0.25) is 0 Å². The van der Waals surface area contributed by atoms with Crippen LogP contribution in [0.3, 0.4) is 0 Å². The van der Waals surface area contributed by atoms with E-state index in [1.54, 1.807) is 18.3 Å². The Balaban J connectivity index is 0.000000151. The molecule has 0 aliphatic heterocycles. The van der Waals surface area contributed by atoms with Crippen LogP contribution in [-0.2, 0) is 0 Å². The Labute approximate surface area is 97.1 Å². The zero-order valence-corrected chi connectivity index (χ0v) is 9.59. The van der Waals surface area contributed by atoms with Crippen LogP contribution in [0, 0.1) is 0 Å². The fourth-order valence-corrected chi connectivity index (χ4v) is 1.14. The molecule has 0 N–H and O–H groups in total. The second kappa shape index (κ2) is 6.90. The molecular formula is C12H10BrNO. The number of rotatable bonds is 1. The molecule has 0 aliphatic carbocycles. The topological polar surface area (TPSA) is 30.0 Å². The van der Waals surface area contributed by atoms with E-state index in [1.807, 2.05) is 36.4 Å². The van der Waals surface area contributed by atoms with Crippen LogP contribution >= 0.6 is 15.9 Å². The van der Waals surface area contributed by atoms with Crippen molar-refractivity contribution in [3.05, 3.63) is 64.9 Å². The first-order valence-corrected chi connectivity index (χ1v) is 5.19. The lowest BCUT2D eigenvalue weighted by Gasteiger charge is -1.81. The number of pyridine rings is 1. The Hall–Kier alpha value is -1.48. The van der Waals surface area contributed by atoms with Crippen molar-refractivity contribution in [3.63, 3.8) is 0 Å². The van der Waals surface area contributed by atoms with E-state index in [-0.39, 0.29) is 0 Å². The largest absolute Gasteiger partial charge is 0.298 e. The van der Waals surface area contributed by atoms with Crippen molar-refractivity contribution >= 4 is 22.2 Å². The minimum atomic E-state index is 0.729. The molecule has 2 nitrogen and oxygen atoms in total. The number of aldehydes is 1. The van der Waals surface area contributed by atoms with Gasteiger partial charge in [-0.2, -0.15) is 0 Å². The Morgan fingerprint density at radius 1 is 1.00 bits per heavy atom. The fourth-order valence-electron chi connectivity index (χ4n) is 0.874. The lowest BCUT2D eigenvalue weighted by atomic mass is 10.2. The minimum absolute atomic E-state index is 0.729. The molecule has 0 spiro atoms. The molecule has 1 aromatic heterocycles. The molecule has 2 aromatic rings. The van der Waals surface area contributed by atoms with Crippen LogP contribution in [0.15, 0.2) is 59.3 Å². The predicted octanol–water partition coefficient (Wildman–Crippen LogP) is 3.34. The van der Waals surface area contributed by atoms with E-state index in [0.717, 1.165) is 16.5 Å². The third-order valence-corrected chi connectivity index (χ3v) is 2.03. The van der Waals surface area contributed by atoms with Gasteiger partial charge in [-0.05, 0) is 28.1 Å². The zero-order chi connectivity index (χ0) is 10.9. The summed E-state index contributed by atoms with van der Waals surface area (Å²) in [4.78, 5) is 13.9. The molecule has 15 heavy (non-hydrogen) atoms. The van der Waals surface area contributed by atoms with Crippen molar-refractivity contribution in [2.75, 3.05) is 0 Å². The maximum Gasteiger partial charge on any atom is 0.150 e. The lowest BCUT2D eigenvalue weighted by molar-refractivity contribution is 0.112. The summed E-state index contributed by atoms with van der Waals surface area (Å²) < 4.78 is 0.884. The van der Waals surface area contributed by atoms with Crippen LogP contribution in [0.4, 0.5) is 0 Å². The number of hydrogen-bond donors (Lipinski definition) is 0. The molecule has 3 heteroatoms. The van der Waals surface area contributed by atoms with Crippen molar-refractivity contribution in [1.29, 1.82) is 0 Å². The molecule has 0 fully saturated rings. The third-order valence-electron chi connectivity index (χ3n) is 1.56. The van der Waals surface area contributed by atoms with Crippen LogP contribution in [0.25, 0.3) is 0 Å². The second-order valence-corrected chi connectivity index (χ2v) is 3.49. The monoisotopic (exact) mass is 263 g/mol. The molecular weight excluding hydrogens is 254 g/mol. The summed E-state index contributed by atoms with van der Waals surface area (Å²) in [5.41, 5.74) is 0.729. The molecule has 0 amide bonds. The normalized spacial score (nSPS) is 8.60. The average Bonchev–Trinajstić information content (AvgIpc) is 2.32. The molecule has 0 unspecified atom stereocenters. The van der Waals surface area contributed by atoms with Crippen LogP contribution in [0.1, 0.15) is 10.4 Å². The number of hydrogen-bond acceptors (Lipinski definition) is 2. The molecule has 0 radical (unpaired) electrons. The number of carbonyl (C=O) groups is 1. The number of aromatic nitrogens is 1. The zero-order valence-electron chi connectivity index (χ0n) is 8.01. The van der Waals surface area contributed by atoms with Gasteiger partial charge < -0.3 is 0 Å². The first kappa shape index (κ1) is 11.6. The predicted molar refractivity (Wildman–Crippen MR) is 63.8 cm³/mol. The molecule has 2 rings (SSSR count). The van der Waals surface area contributed by atoms with Gasteiger partial charge in [0, 0.05) is 11.8 Å². The highest BCUT2D eigenvalue weighted by atomic mass is 79.9. The van der Waals surface area contributed by atoms with Crippen molar-refractivity contribution in [2.45, 2.75) is 0 Å². The van der Waals surface area contributed by atoms with E-state index in [1.165, 1.54) is 0 Å². The standard InChI is InChI=1S/C7H6O.C5H4BrN/c8-6-7-4-2-1-3-5-7;6-5-3-1-2-4-7-5/h1-6H;1-4H. The molecule has 0 saturated carbocycles. The highest BCUT2D eigenvalue weighted by Crippen LogP contribution is 2.00. The quantitative estimate of drug-likeness (QED) is 0.584. The molecule has 0 saturated heterocycles. The van der Waals surface area contributed by atoms with Gasteiger partial charge in [0.05, 0.1) is 0 Å². The summed E-state index contributed by atoms with van der Waals surface area (Å²) in [6, 6.07) is 14.8. The van der Waals surface area contributed by atoms with Gasteiger partial charge in [-0.15, -0.1) is 0 Å². The summed E-state index contributed by atoms with van der Waals surface area (Å²) in [7, 11) is 0. The SMILES string of the molecule is Brc1ccccn1.O=Cc1ccccc1. The van der Waals surface area contributed by atoms with Gasteiger partial charge in [0.2, 0.25) is 0 Å². The molecule has 1 heterocycles. The fraction of sp³-hybridized carbons (Fsp3) is 0. The minimum Gasteiger partial charge on any atom is -0.298 e. The number of carbonyl (C=O) groups excluding carboxylic acids is 1. The van der Waals surface area contributed by atoms with E-state index in [9.17, 15) is 4.79 Å². The Bertz CT molecular complexity index is 389. The van der Waals surface area contributed by atoms with Crippen LogP contribution < -0.4 is 0 Å². The van der Waals surface area contributed by atoms with Gasteiger partial charge in [-0.3, -0.25) is 4.79 Å². The molecule has 0 bridgehead atoms. The summed E-state index contributed by atoms with van der Waals surface area (Å²) >= 11 is 3.20. The molecule has 1 aromatic carbocycles. The maximum absolute atomic E-state index is 10.0. The average molecular weight is 264 g/mol. The second-order valence-electron chi connectivity index (χ2n) is 2.68. The lowest BCUT2D eigenvalue weighted by Crippen LogP contribution is -1.73. The van der Waals surface area contributed by atoms with Crippen molar-refractivity contribution in [3.8, 4) is 0 Å². The van der Waals surface area contributed by atoms with Gasteiger partial charge in [0.15, 0.2) is 0 Å². The third kappa shape index (κ3) is 5.08. The number of benzene rings is 1. The maximum atomic E-state index is 10.0. The molecule has 0 atom stereocenters. The van der Waals surface area contributed by atoms with E-state index in [4.69, 9.17) is 0 Å². The van der Waals surface area contributed by atoms with E-state index < -0.39 is 0 Å². The van der Waals surface area contributed by atoms with Gasteiger partial charge in [-0.1, -0.05) is 36.4 Å². The smallest absolute Gasteiger partial charge is 0.150 e. The highest BCUT2D eigenvalue weighted by molar-refractivity contribution is 9.10. The van der Waals surface area contributed by atoms with E-state index in [0.29, 0.717) is 0 Å². The number of nitrogens with zero attached hydrogens (tertiary/aromatic N) is 1.